The zero-order chi connectivity index (χ0) is 20.2. The minimum absolute atomic E-state index is 0.116. The van der Waals surface area contributed by atoms with Crippen LogP contribution in [0.4, 0.5) is 16.6 Å². The van der Waals surface area contributed by atoms with E-state index in [1.807, 2.05) is 12.1 Å². The van der Waals surface area contributed by atoms with Crippen LogP contribution in [0.3, 0.4) is 0 Å². The topological polar surface area (TPSA) is 100 Å². The standard InChI is InChI=1S/C20H21N5O3S/c1-13-16(6-9-28-13)19(27)24-20-23-15(12-29-20)10-18(26)22-14-4-5-17(21-11-14)25-7-2-3-8-25/h4-6,9,11-12H,2-3,7-8,10H2,1H3,(H,22,26)(H,23,24,27). The van der Waals surface area contributed by atoms with Gasteiger partial charge in [0.05, 0.1) is 35.8 Å². The summed E-state index contributed by atoms with van der Waals surface area (Å²) in [5, 5.41) is 7.75. The molecule has 1 fully saturated rings. The molecule has 1 saturated heterocycles. The molecule has 150 valence electrons. The van der Waals surface area contributed by atoms with Crippen LogP contribution in [0.25, 0.3) is 0 Å². The van der Waals surface area contributed by atoms with Crippen molar-refractivity contribution < 1.29 is 14.0 Å². The molecule has 0 aliphatic carbocycles. The van der Waals surface area contributed by atoms with Crippen LogP contribution < -0.4 is 15.5 Å². The van der Waals surface area contributed by atoms with E-state index in [9.17, 15) is 9.59 Å². The third kappa shape index (κ3) is 4.62. The van der Waals surface area contributed by atoms with Gasteiger partial charge in [-0.3, -0.25) is 14.9 Å². The fraction of sp³-hybridized carbons (Fsp3) is 0.300. The average molecular weight is 411 g/mol. The molecule has 2 N–H and O–H groups in total. The monoisotopic (exact) mass is 411 g/mol. The molecule has 8 nitrogen and oxygen atoms in total. The number of thiazole rings is 1. The summed E-state index contributed by atoms with van der Waals surface area (Å²) in [7, 11) is 0. The van der Waals surface area contributed by atoms with Gasteiger partial charge in [0.1, 0.15) is 11.6 Å². The quantitative estimate of drug-likeness (QED) is 0.644. The van der Waals surface area contributed by atoms with Crippen molar-refractivity contribution in [2.75, 3.05) is 28.6 Å². The van der Waals surface area contributed by atoms with E-state index in [1.165, 1.54) is 30.4 Å². The third-order valence-corrected chi connectivity index (χ3v) is 5.49. The van der Waals surface area contributed by atoms with Crippen LogP contribution in [-0.2, 0) is 11.2 Å². The second kappa shape index (κ2) is 8.44. The van der Waals surface area contributed by atoms with Gasteiger partial charge in [0.15, 0.2) is 5.13 Å². The van der Waals surface area contributed by atoms with E-state index in [1.54, 1.807) is 24.6 Å². The molecule has 3 aromatic rings. The van der Waals surface area contributed by atoms with Gasteiger partial charge in [0.25, 0.3) is 5.91 Å². The molecule has 29 heavy (non-hydrogen) atoms. The number of carbonyl (C=O) groups excluding carboxylic acids is 2. The molecule has 1 aliphatic rings. The molecule has 0 atom stereocenters. The highest BCUT2D eigenvalue weighted by Crippen LogP contribution is 2.20. The molecule has 4 rings (SSSR count). The number of anilines is 3. The van der Waals surface area contributed by atoms with Gasteiger partial charge < -0.3 is 14.6 Å². The number of aromatic nitrogens is 2. The van der Waals surface area contributed by atoms with Gasteiger partial charge >= 0.3 is 0 Å². The number of aryl methyl sites for hydroxylation is 1. The highest BCUT2D eigenvalue weighted by Gasteiger charge is 2.15. The van der Waals surface area contributed by atoms with Crippen LogP contribution in [-0.4, -0.2) is 34.9 Å². The lowest BCUT2D eigenvalue weighted by atomic mass is 10.2. The molecular weight excluding hydrogens is 390 g/mol. The summed E-state index contributed by atoms with van der Waals surface area (Å²) in [6, 6.07) is 5.39. The Morgan fingerprint density at radius 2 is 2.03 bits per heavy atom. The fourth-order valence-electron chi connectivity index (χ4n) is 3.19. The number of hydrogen-bond acceptors (Lipinski definition) is 7. The Labute approximate surface area is 172 Å². The van der Waals surface area contributed by atoms with E-state index in [4.69, 9.17) is 4.42 Å². The molecule has 0 radical (unpaired) electrons. The van der Waals surface area contributed by atoms with E-state index in [0.717, 1.165) is 18.9 Å². The number of rotatable bonds is 6. The number of hydrogen-bond donors (Lipinski definition) is 2. The minimum Gasteiger partial charge on any atom is -0.469 e. The van der Waals surface area contributed by atoms with E-state index in [0.29, 0.717) is 27.8 Å². The van der Waals surface area contributed by atoms with Crippen LogP contribution >= 0.6 is 11.3 Å². The largest absolute Gasteiger partial charge is 0.469 e. The number of amides is 2. The molecule has 4 heterocycles. The zero-order valence-electron chi connectivity index (χ0n) is 16.0. The number of furan rings is 1. The van der Waals surface area contributed by atoms with Crippen molar-refractivity contribution in [3.05, 3.63) is 53.1 Å². The van der Waals surface area contributed by atoms with Gasteiger partial charge in [-0.15, -0.1) is 11.3 Å². The molecule has 9 heteroatoms. The summed E-state index contributed by atoms with van der Waals surface area (Å²) < 4.78 is 5.14. The van der Waals surface area contributed by atoms with Crippen LogP contribution in [0.1, 0.15) is 34.7 Å². The summed E-state index contributed by atoms with van der Waals surface area (Å²) in [4.78, 5) is 35.5. The lowest BCUT2D eigenvalue weighted by Crippen LogP contribution is -2.19. The molecule has 3 aromatic heterocycles. The minimum atomic E-state index is -0.286. The van der Waals surface area contributed by atoms with Crippen molar-refractivity contribution >= 4 is 39.8 Å². The smallest absolute Gasteiger partial charge is 0.260 e. The molecule has 0 unspecified atom stereocenters. The maximum Gasteiger partial charge on any atom is 0.260 e. The van der Waals surface area contributed by atoms with Crippen molar-refractivity contribution in [3.63, 3.8) is 0 Å². The first-order valence-corrected chi connectivity index (χ1v) is 10.3. The average Bonchev–Trinajstić information content (AvgIpc) is 3.45. The Kier molecular flexibility index (Phi) is 5.57. The molecule has 0 saturated carbocycles. The predicted molar refractivity (Wildman–Crippen MR) is 112 cm³/mol. The van der Waals surface area contributed by atoms with Crippen LogP contribution in [0.5, 0.6) is 0 Å². The van der Waals surface area contributed by atoms with Crippen molar-refractivity contribution in [2.45, 2.75) is 26.2 Å². The number of nitrogens with zero attached hydrogens (tertiary/aromatic N) is 3. The van der Waals surface area contributed by atoms with Crippen LogP contribution in [0, 0.1) is 6.92 Å². The van der Waals surface area contributed by atoms with Gasteiger partial charge in [0, 0.05) is 18.5 Å². The third-order valence-electron chi connectivity index (χ3n) is 4.68. The second-order valence-electron chi connectivity index (χ2n) is 6.81. The summed E-state index contributed by atoms with van der Waals surface area (Å²) in [6.45, 7) is 3.78. The summed E-state index contributed by atoms with van der Waals surface area (Å²) in [6.07, 6.45) is 5.64. The summed E-state index contributed by atoms with van der Waals surface area (Å²) in [5.41, 5.74) is 1.70. The Bertz CT molecular complexity index is 1010. The van der Waals surface area contributed by atoms with Crippen molar-refractivity contribution in [1.29, 1.82) is 0 Å². The van der Waals surface area contributed by atoms with Crippen LogP contribution in [0.15, 0.2) is 40.5 Å². The van der Waals surface area contributed by atoms with Gasteiger partial charge in [-0.05, 0) is 38.0 Å². The number of nitrogens with one attached hydrogen (secondary N) is 2. The van der Waals surface area contributed by atoms with Crippen molar-refractivity contribution in [2.24, 2.45) is 0 Å². The van der Waals surface area contributed by atoms with Gasteiger partial charge in [-0.2, -0.15) is 0 Å². The Hall–Kier alpha value is -3.20. The zero-order valence-corrected chi connectivity index (χ0v) is 16.8. The first kappa shape index (κ1) is 19.1. The molecular formula is C20H21N5O3S. The number of carbonyl (C=O) groups is 2. The Morgan fingerprint density at radius 1 is 1.21 bits per heavy atom. The maximum absolute atomic E-state index is 12.3. The Morgan fingerprint density at radius 3 is 2.72 bits per heavy atom. The van der Waals surface area contributed by atoms with E-state index in [2.05, 4.69) is 25.5 Å². The summed E-state index contributed by atoms with van der Waals surface area (Å²) in [5.74, 6) is 1.01. The highest BCUT2D eigenvalue weighted by atomic mass is 32.1. The van der Waals surface area contributed by atoms with Crippen molar-refractivity contribution in [3.8, 4) is 0 Å². The van der Waals surface area contributed by atoms with Gasteiger partial charge in [-0.1, -0.05) is 0 Å². The maximum atomic E-state index is 12.3. The van der Waals surface area contributed by atoms with E-state index < -0.39 is 0 Å². The predicted octanol–water partition coefficient (Wildman–Crippen LogP) is 3.47. The first-order valence-electron chi connectivity index (χ1n) is 9.39. The summed E-state index contributed by atoms with van der Waals surface area (Å²) >= 11 is 1.27. The highest BCUT2D eigenvalue weighted by molar-refractivity contribution is 7.14. The lowest BCUT2D eigenvalue weighted by molar-refractivity contribution is -0.115. The van der Waals surface area contributed by atoms with Crippen molar-refractivity contribution in [1.82, 2.24) is 9.97 Å². The molecule has 2 amide bonds. The molecule has 1 aliphatic heterocycles. The molecule has 0 spiro atoms. The van der Waals surface area contributed by atoms with Gasteiger partial charge in [-0.25, -0.2) is 9.97 Å². The number of pyridine rings is 1. The second-order valence-corrected chi connectivity index (χ2v) is 7.67. The molecule has 0 aromatic carbocycles. The van der Waals surface area contributed by atoms with Crippen LogP contribution in [0.2, 0.25) is 0 Å². The lowest BCUT2D eigenvalue weighted by Gasteiger charge is -2.16. The van der Waals surface area contributed by atoms with Gasteiger partial charge in [0.2, 0.25) is 5.91 Å². The van der Waals surface area contributed by atoms with E-state index >= 15 is 0 Å². The SMILES string of the molecule is Cc1occc1C(=O)Nc1nc(CC(=O)Nc2ccc(N3CCCC3)nc2)cs1. The normalized spacial score (nSPS) is 13.5. The fourth-order valence-corrected chi connectivity index (χ4v) is 3.90. The molecule has 0 bridgehead atoms. The van der Waals surface area contributed by atoms with E-state index in [-0.39, 0.29) is 18.2 Å². The Balaban J connectivity index is 1.31. The first-order chi connectivity index (χ1) is 14.1.